The molecule has 1 fully saturated rings. The molecule has 0 spiro atoms. The minimum Gasteiger partial charge on any atom is -0.481 e. The predicted octanol–water partition coefficient (Wildman–Crippen LogP) is 0.953. The molecule has 1 aliphatic heterocycles. The Morgan fingerprint density at radius 3 is 2.36 bits per heavy atom. The molecule has 2 atom stereocenters. The first kappa shape index (κ1) is 19.8. The largest absolute Gasteiger partial charge is 0.481 e. The van der Waals surface area contributed by atoms with Gasteiger partial charge in [-0.1, -0.05) is 44.2 Å². The van der Waals surface area contributed by atoms with Gasteiger partial charge in [0.05, 0.1) is 6.10 Å². The lowest BCUT2D eigenvalue weighted by molar-refractivity contribution is -0.161. The van der Waals surface area contributed by atoms with Crippen molar-refractivity contribution < 1.29 is 23.4 Å². The first-order valence-electron chi connectivity index (χ1n) is 8.48. The number of hydrogen-bond acceptors (Lipinski definition) is 4. The Morgan fingerprint density at radius 2 is 1.88 bits per heavy atom. The Hall–Kier alpha value is -1.48. The third-order valence-corrected chi connectivity index (χ3v) is 7.12. The summed E-state index contributed by atoms with van der Waals surface area (Å²) in [6.45, 7) is 4.03. The lowest BCUT2D eigenvalue weighted by Crippen LogP contribution is -2.58. The summed E-state index contributed by atoms with van der Waals surface area (Å²) in [6.07, 6.45) is -1.04. The van der Waals surface area contributed by atoms with Gasteiger partial charge in [-0.15, -0.1) is 0 Å². The van der Waals surface area contributed by atoms with E-state index in [1.807, 2.05) is 30.3 Å². The van der Waals surface area contributed by atoms with Crippen molar-refractivity contribution >= 4 is 16.2 Å². The fraction of sp³-hybridized carbons (Fsp3) is 0.588. The lowest BCUT2D eigenvalue weighted by Gasteiger charge is -2.43. The average molecular weight is 370 g/mol. The number of aliphatic hydroxyl groups is 1. The van der Waals surface area contributed by atoms with Crippen LogP contribution >= 0.6 is 0 Å². The van der Waals surface area contributed by atoms with Crippen molar-refractivity contribution in [3.63, 3.8) is 0 Å². The molecule has 1 heterocycles. The van der Waals surface area contributed by atoms with Crippen LogP contribution in [0.1, 0.15) is 25.8 Å². The van der Waals surface area contributed by atoms with Gasteiger partial charge in [-0.25, -0.2) is 0 Å². The zero-order valence-electron chi connectivity index (χ0n) is 14.6. The molecular weight excluding hydrogens is 344 g/mol. The molecule has 0 amide bonds. The van der Waals surface area contributed by atoms with E-state index in [2.05, 4.69) is 0 Å². The molecule has 0 saturated carbocycles. The second kappa shape index (κ2) is 7.82. The van der Waals surface area contributed by atoms with Gasteiger partial charge in [-0.05, 0) is 18.4 Å². The maximum absolute atomic E-state index is 12.6. The quantitative estimate of drug-likeness (QED) is 0.745. The summed E-state index contributed by atoms with van der Waals surface area (Å²) in [6, 6.07) is 9.11. The van der Waals surface area contributed by atoms with Crippen LogP contribution in [0.4, 0.5) is 0 Å². The summed E-state index contributed by atoms with van der Waals surface area (Å²) >= 11 is 0. The summed E-state index contributed by atoms with van der Waals surface area (Å²) in [7, 11) is -3.69. The fourth-order valence-corrected chi connectivity index (χ4v) is 4.99. The van der Waals surface area contributed by atoms with Crippen molar-refractivity contribution in [3.05, 3.63) is 35.9 Å². The number of β-amino-alcohol motifs (C(OH)–C–C–N with tert-alkyl or cyclic N) is 1. The number of aliphatic carboxylic acids is 1. The van der Waals surface area contributed by atoms with E-state index in [0.29, 0.717) is 13.1 Å². The molecule has 0 aliphatic carbocycles. The molecule has 0 radical (unpaired) electrons. The summed E-state index contributed by atoms with van der Waals surface area (Å²) in [5.74, 6) is -1.09. The smallest absolute Gasteiger partial charge is 0.312 e. The zero-order chi connectivity index (χ0) is 18.7. The Bertz CT molecular complexity index is 690. The second-order valence-electron chi connectivity index (χ2n) is 6.34. The van der Waals surface area contributed by atoms with Crippen LogP contribution in [0, 0.1) is 5.41 Å². The van der Waals surface area contributed by atoms with Gasteiger partial charge in [-0.3, -0.25) is 4.79 Å². The normalized spacial score (nSPS) is 25.2. The van der Waals surface area contributed by atoms with Gasteiger partial charge in [0, 0.05) is 26.2 Å². The van der Waals surface area contributed by atoms with Gasteiger partial charge in [0.1, 0.15) is 5.41 Å². The van der Waals surface area contributed by atoms with E-state index < -0.39 is 27.7 Å². The highest BCUT2D eigenvalue weighted by atomic mass is 32.2. The van der Waals surface area contributed by atoms with Crippen LogP contribution in [0.25, 0.3) is 0 Å². The van der Waals surface area contributed by atoms with E-state index >= 15 is 0 Å². The highest BCUT2D eigenvalue weighted by molar-refractivity contribution is 7.86. The highest BCUT2D eigenvalue weighted by Gasteiger charge is 2.51. The number of hydrogen-bond donors (Lipinski definition) is 2. The van der Waals surface area contributed by atoms with Crippen LogP contribution in [0.15, 0.2) is 30.3 Å². The first-order valence-corrected chi connectivity index (χ1v) is 9.88. The van der Waals surface area contributed by atoms with Gasteiger partial charge >= 0.3 is 5.97 Å². The van der Waals surface area contributed by atoms with Gasteiger partial charge in [0.25, 0.3) is 10.2 Å². The van der Waals surface area contributed by atoms with Gasteiger partial charge in [0.2, 0.25) is 0 Å². The van der Waals surface area contributed by atoms with Crippen molar-refractivity contribution in [2.75, 3.05) is 26.2 Å². The number of nitrogens with zero attached hydrogens (tertiary/aromatic N) is 2. The third-order valence-electron chi connectivity index (χ3n) is 4.97. The van der Waals surface area contributed by atoms with E-state index in [4.69, 9.17) is 0 Å². The van der Waals surface area contributed by atoms with E-state index in [9.17, 15) is 23.4 Å². The predicted molar refractivity (Wildman–Crippen MR) is 94.3 cm³/mol. The number of carbonyl (C=O) groups is 1. The molecule has 1 aliphatic rings. The number of carboxylic acids is 1. The fourth-order valence-electron chi connectivity index (χ4n) is 3.36. The number of aliphatic hydroxyl groups excluding tert-OH is 1. The van der Waals surface area contributed by atoms with E-state index in [1.54, 1.807) is 13.8 Å². The average Bonchev–Trinajstić information content (AvgIpc) is 2.58. The summed E-state index contributed by atoms with van der Waals surface area (Å²) < 4.78 is 27.8. The van der Waals surface area contributed by atoms with Crippen molar-refractivity contribution in [1.29, 1.82) is 0 Å². The molecular formula is C17H26N2O5S. The molecule has 7 nitrogen and oxygen atoms in total. The number of benzene rings is 1. The third kappa shape index (κ3) is 3.87. The molecule has 0 bridgehead atoms. The minimum absolute atomic E-state index is 0.0683. The van der Waals surface area contributed by atoms with Gasteiger partial charge in [-0.2, -0.15) is 17.0 Å². The van der Waals surface area contributed by atoms with Crippen molar-refractivity contribution in [1.82, 2.24) is 8.61 Å². The molecule has 0 unspecified atom stereocenters. The highest BCUT2D eigenvalue weighted by Crippen LogP contribution is 2.37. The molecule has 2 N–H and O–H groups in total. The number of carboxylic acid groups (broad SMARTS) is 1. The Kier molecular flexibility index (Phi) is 6.21. The van der Waals surface area contributed by atoms with Crippen LogP contribution in [0.2, 0.25) is 0 Å². The van der Waals surface area contributed by atoms with E-state index in [0.717, 1.165) is 5.56 Å². The molecule has 25 heavy (non-hydrogen) atoms. The maximum atomic E-state index is 12.6. The van der Waals surface area contributed by atoms with Gasteiger partial charge in [0.15, 0.2) is 0 Å². The molecule has 1 aromatic rings. The van der Waals surface area contributed by atoms with E-state index in [-0.39, 0.29) is 25.9 Å². The van der Waals surface area contributed by atoms with Crippen molar-refractivity contribution in [2.45, 2.75) is 32.8 Å². The summed E-state index contributed by atoms with van der Waals surface area (Å²) in [4.78, 5) is 12.0. The van der Waals surface area contributed by atoms with Gasteiger partial charge < -0.3 is 10.2 Å². The zero-order valence-corrected chi connectivity index (χ0v) is 15.4. The second-order valence-corrected chi connectivity index (χ2v) is 8.27. The number of piperidine rings is 1. The van der Waals surface area contributed by atoms with Crippen LogP contribution in [-0.4, -0.2) is 65.5 Å². The number of rotatable bonds is 7. The van der Waals surface area contributed by atoms with Crippen LogP contribution in [0.5, 0.6) is 0 Å². The van der Waals surface area contributed by atoms with E-state index in [1.165, 1.54) is 8.61 Å². The first-order chi connectivity index (χ1) is 11.8. The van der Waals surface area contributed by atoms with Crippen LogP contribution < -0.4 is 0 Å². The molecule has 1 saturated heterocycles. The maximum Gasteiger partial charge on any atom is 0.312 e. The SMILES string of the molecule is CCN(CC)S(=O)(=O)N1CC[C@](Cc2ccccc2)(C(=O)O)[C@@H](O)C1. The summed E-state index contributed by atoms with van der Waals surface area (Å²) in [5, 5.41) is 20.4. The van der Waals surface area contributed by atoms with Crippen molar-refractivity contribution in [2.24, 2.45) is 5.41 Å². The topological polar surface area (TPSA) is 98.2 Å². The minimum atomic E-state index is -3.69. The molecule has 8 heteroatoms. The molecule has 140 valence electrons. The Morgan fingerprint density at radius 1 is 1.28 bits per heavy atom. The Balaban J connectivity index is 2.24. The van der Waals surface area contributed by atoms with Crippen molar-refractivity contribution in [3.8, 4) is 0 Å². The van der Waals surface area contributed by atoms with Crippen LogP contribution in [-0.2, 0) is 21.4 Å². The summed E-state index contributed by atoms with van der Waals surface area (Å²) in [5.41, 5.74) is -0.569. The molecule has 2 rings (SSSR count). The molecule has 0 aromatic heterocycles. The molecule has 1 aromatic carbocycles. The standard InChI is InChI=1S/C17H26N2O5S/c1-3-18(4-2)25(23,24)19-11-10-17(16(21)22,15(20)13-19)12-14-8-6-5-7-9-14/h5-9,15,20H,3-4,10-13H2,1-2H3,(H,21,22)/t15-,17+/m0/s1. The van der Waals surface area contributed by atoms with Crippen LogP contribution in [0.3, 0.4) is 0 Å². The lowest BCUT2D eigenvalue weighted by atomic mass is 9.72. The Labute approximate surface area is 149 Å². The monoisotopic (exact) mass is 370 g/mol.